The van der Waals surface area contributed by atoms with Crippen molar-refractivity contribution in [2.75, 3.05) is 26.3 Å². The van der Waals surface area contributed by atoms with Crippen molar-refractivity contribution in [3.8, 4) is 5.88 Å². The van der Waals surface area contributed by atoms with Gasteiger partial charge in [-0.2, -0.15) is 4.52 Å². The Bertz CT molecular complexity index is 860. The second kappa shape index (κ2) is 7.44. The number of aromatic nitrogens is 3. The van der Waals surface area contributed by atoms with Gasteiger partial charge in [0.05, 0.1) is 24.1 Å². The number of thiazole rings is 1. The highest BCUT2D eigenvalue weighted by Crippen LogP contribution is 2.40. The summed E-state index contributed by atoms with van der Waals surface area (Å²) in [4.78, 5) is 6.92. The van der Waals surface area contributed by atoms with Gasteiger partial charge in [0.15, 0.2) is 0 Å². The van der Waals surface area contributed by atoms with Gasteiger partial charge in [0.25, 0.3) is 0 Å². The smallest absolute Gasteiger partial charge is 0.230 e. The highest BCUT2D eigenvalue weighted by molar-refractivity contribution is 7.17. The van der Waals surface area contributed by atoms with Gasteiger partial charge >= 0.3 is 0 Å². The van der Waals surface area contributed by atoms with Crippen LogP contribution < -0.4 is 0 Å². The quantitative estimate of drug-likeness (QED) is 0.584. The summed E-state index contributed by atoms with van der Waals surface area (Å²) in [7, 11) is 0. The van der Waals surface area contributed by atoms with Crippen molar-refractivity contribution in [2.45, 2.75) is 13.0 Å². The molecule has 3 N–H and O–H groups in total. The monoisotopic (exact) mass is 366 g/mol. The molecule has 0 aliphatic rings. The maximum Gasteiger partial charge on any atom is 0.230 e. The van der Waals surface area contributed by atoms with Crippen LogP contribution in [0.2, 0.25) is 0 Å². The number of hydrogen-bond acceptors (Lipinski definition) is 7. The lowest BCUT2D eigenvalue weighted by atomic mass is 10.0. The fourth-order valence-electron chi connectivity index (χ4n) is 2.85. The predicted octanol–water partition coefficient (Wildman–Crippen LogP) is 1.32. The van der Waals surface area contributed by atoms with Crippen molar-refractivity contribution in [3.05, 3.63) is 46.3 Å². The highest BCUT2D eigenvalue weighted by Gasteiger charge is 2.30. The van der Waals surface area contributed by atoms with Gasteiger partial charge in [-0.05, 0) is 13.0 Å². The third kappa shape index (κ3) is 3.36. The molecular weight excluding hydrogens is 347 g/mol. The van der Waals surface area contributed by atoms with E-state index in [1.54, 1.807) is 30.0 Å². The van der Waals surface area contributed by atoms with Crippen LogP contribution in [-0.4, -0.2) is 61.1 Å². The molecule has 3 rings (SSSR count). The Morgan fingerprint density at radius 1 is 1.24 bits per heavy atom. The molecule has 0 radical (unpaired) electrons. The van der Waals surface area contributed by atoms with E-state index in [4.69, 9.17) is 0 Å². The number of benzene rings is 1. The molecule has 1 atom stereocenters. The molecule has 1 aromatic carbocycles. The van der Waals surface area contributed by atoms with Crippen molar-refractivity contribution in [1.29, 1.82) is 0 Å². The van der Waals surface area contributed by atoms with Gasteiger partial charge < -0.3 is 15.3 Å². The van der Waals surface area contributed by atoms with Crippen LogP contribution in [0.1, 0.15) is 22.3 Å². The van der Waals surface area contributed by atoms with E-state index in [0.29, 0.717) is 21.2 Å². The third-order valence-corrected chi connectivity index (χ3v) is 4.97. The van der Waals surface area contributed by atoms with Gasteiger partial charge in [0.2, 0.25) is 10.8 Å². The fourth-order valence-corrected chi connectivity index (χ4v) is 4.01. The van der Waals surface area contributed by atoms with E-state index >= 15 is 0 Å². The number of fused-ring (bicyclic) bond motifs is 1. The number of aryl methyl sites for hydroxylation is 1. The Balaban J connectivity index is 2.16. The Morgan fingerprint density at radius 3 is 2.52 bits per heavy atom. The van der Waals surface area contributed by atoms with E-state index in [0.717, 1.165) is 0 Å². The van der Waals surface area contributed by atoms with Crippen LogP contribution >= 0.6 is 11.3 Å². The number of nitrogens with zero attached hydrogens (tertiary/aromatic N) is 4. The number of aliphatic hydroxyl groups excluding tert-OH is 2. The summed E-state index contributed by atoms with van der Waals surface area (Å²) in [5, 5.41) is 33.5. The fraction of sp³-hybridized carbons (Fsp3) is 0.375. The summed E-state index contributed by atoms with van der Waals surface area (Å²) in [6.45, 7) is 1.82. The minimum atomic E-state index is -0.672. The van der Waals surface area contributed by atoms with Gasteiger partial charge in [-0.15, -0.1) is 5.10 Å². The van der Waals surface area contributed by atoms with Crippen LogP contribution in [-0.2, 0) is 0 Å². The number of halogens is 1. The van der Waals surface area contributed by atoms with E-state index < -0.39 is 11.9 Å². The van der Waals surface area contributed by atoms with E-state index in [2.05, 4.69) is 10.1 Å². The van der Waals surface area contributed by atoms with Crippen LogP contribution in [0, 0.1) is 12.7 Å². The third-order valence-electron chi connectivity index (χ3n) is 3.89. The molecule has 3 aromatic rings. The Kier molecular flexibility index (Phi) is 5.28. The molecule has 25 heavy (non-hydrogen) atoms. The maximum absolute atomic E-state index is 14.5. The topological polar surface area (TPSA) is 94.1 Å². The van der Waals surface area contributed by atoms with Crippen LogP contribution in [0.5, 0.6) is 5.88 Å². The lowest BCUT2D eigenvalue weighted by molar-refractivity contribution is 0.135. The molecule has 9 heteroatoms. The largest absolute Gasteiger partial charge is 0.492 e. The summed E-state index contributed by atoms with van der Waals surface area (Å²) in [5.74, 6) is -0.0178. The van der Waals surface area contributed by atoms with Crippen molar-refractivity contribution >= 4 is 16.3 Å². The average molecular weight is 366 g/mol. The minimum Gasteiger partial charge on any atom is -0.492 e. The molecular formula is C16H19FN4O3S. The van der Waals surface area contributed by atoms with Gasteiger partial charge in [-0.1, -0.05) is 29.5 Å². The van der Waals surface area contributed by atoms with Crippen molar-refractivity contribution in [3.63, 3.8) is 0 Å². The molecule has 0 amide bonds. The summed E-state index contributed by atoms with van der Waals surface area (Å²) in [6.07, 6.45) is 0. The van der Waals surface area contributed by atoms with Gasteiger partial charge in [0, 0.05) is 18.7 Å². The zero-order chi connectivity index (χ0) is 18.0. The van der Waals surface area contributed by atoms with Crippen LogP contribution in [0.4, 0.5) is 4.39 Å². The normalized spacial score (nSPS) is 13.0. The Hall–Kier alpha value is -2.07. The lowest BCUT2D eigenvalue weighted by Crippen LogP contribution is -2.34. The summed E-state index contributed by atoms with van der Waals surface area (Å²) in [6, 6.07) is 5.59. The first kappa shape index (κ1) is 17.7. The Labute approximate surface area is 147 Å². The zero-order valence-corrected chi connectivity index (χ0v) is 14.4. The minimum absolute atomic E-state index is 0.116. The number of hydrogen-bond donors (Lipinski definition) is 3. The first-order valence-corrected chi connectivity index (χ1v) is 8.63. The molecule has 1 unspecified atom stereocenters. The Morgan fingerprint density at radius 2 is 1.92 bits per heavy atom. The van der Waals surface area contributed by atoms with Gasteiger partial charge in [-0.25, -0.2) is 9.37 Å². The van der Waals surface area contributed by atoms with Crippen LogP contribution in [0.25, 0.3) is 4.96 Å². The molecule has 0 saturated heterocycles. The molecule has 0 fully saturated rings. The summed E-state index contributed by atoms with van der Waals surface area (Å²) >= 11 is 1.20. The summed E-state index contributed by atoms with van der Waals surface area (Å²) in [5.41, 5.74) is 0.348. The van der Waals surface area contributed by atoms with Crippen molar-refractivity contribution in [1.82, 2.24) is 19.5 Å². The molecule has 0 spiro atoms. The second-order valence-corrected chi connectivity index (χ2v) is 6.56. The number of aliphatic hydroxyl groups is 2. The lowest BCUT2D eigenvalue weighted by Gasteiger charge is -2.30. The van der Waals surface area contributed by atoms with E-state index in [9.17, 15) is 19.7 Å². The zero-order valence-electron chi connectivity index (χ0n) is 13.6. The standard InChI is InChI=1S/C16H19FN4O3S/c1-10-18-16-21(19-10)15(24)14(25-16)13(20(6-8-22)7-9-23)11-4-2-3-5-12(11)17/h2-5,13,22-24H,6-9H2,1H3. The SMILES string of the molecule is Cc1nc2sc(C(c3ccccc3F)N(CCO)CCO)c(O)n2n1. The first-order valence-electron chi connectivity index (χ1n) is 7.82. The molecule has 7 nitrogen and oxygen atoms in total. The average Bonchev–Trinajstić information content (AvgIpc) is 3.08. The van der Waals surface area contributed by atoms with Crippen molar-refractivity contribution in [2.24, 2.45) is 0 Å². The van der Waals surface area contributed by atoms with Gasteiger partial charge in [-0.3, -0.25) is 4.90 Å². The molecule has 2 aromatic heterocycles. The molecule has 134 valence electrons. The number of rotatable bonds is 7. The van der Waals surface area contributed by atoms with E-state index in [-0.39, 0.29) is 32.2 Å². The maximum atomic E-state index is 14.5. The molecule has 0 saturated carbocycles. The van der Waals surface area contributed by atoms with Crippen LogP contribution in [0.3, 0.4) is 0 Å². The van der Waals surface area contributed by atoms with Crippen LogP contribution in [0.15, 0.2) is 24.3 Å². The van der Waals surface area contributed by atoms with Gasteiger partial charge in [0.1, 0.15) is 11.6 Å². The van der Waals surface area contributed by atoms with Crippen molar-refractivity contribution < 1.29 is 19.7 Å². The first-order chi connectivity index (χ1) is 12.1. The molecule has 2 heterocycles. The van der Waals surface area contributed by atoms with E-state index in [1.807, 2.05) is 0 Å². The van der Waals surface area contributed by atoms with E-state index in [1.165, 1.54) is 21.9 Å². The molecule has 0 bridgehead atoms. The number of aromatic hydroxyl groups is 1. The molecule has 0 aliphatic carbocycles. The predicted molar refractivity (Wildman–Crippen MR) is 91.3 cm³/mol. The summed E-state index contributed by atoms with van der Waals surface area (Å²) < 4.78 is 15.8. The highest BCUT2D eigenvalue weighted by atomic mass is 32.1. The molecule has 0 aliphatic heterocycles. The second-order valence-electron chi connectivity index (χ2n) is 5.55.